The Bertz CT molecular complexity index is 1220. The molecule has 2 saturated heterocycles. The molecule has 3 heterocycles. The molecule has 1 aromatic heterocycles. The number of alkyl halides is 2. The van der Waals surface area contributed by atoms with Crippen LogP contribution in [0.25, 0.3) is 0 Å². The van der Waals surface area contributed by atoms with Gasteiger partial charge in [0.1, 0.15) is 11.9 Å². The molecular formula is C22H23F3N4O6S. The number of nitrogens with zero attached hydrogens (tertiary/aromatic N) is 4. The lowest BCUT2D eigenvalue weighted by Gasteiger charge is -2.24. The highest BCUT2D eigenvalue weighted by atomic mass is 32.2. The molecule has 194 valence electrons. The number of sulfonamides is 1. The van der Waals surface area contributed by atoms with Crippen LogP contribution in [0.3, 0.4) is 0 Å². The van der Waals surface area contributed by atoms with Crippen LogP contribution in [-0.2, 0) is 24.4 Å². The van der Waals surface area contributed by atoms with Crippen molar-refractivity contribution >= 4 is 33.3 Å². The quantitative estimate of drug-likeness (QED) is 0.515. The maximum absolute atomic E-state index is 15.1. The lowest BCUT2D eigenvalue weighted by atomic mass is 10.1. The SMILES string of the molecule is O=C(CC[C@H]1CN(c2ccc(N3CCON(S(=O)(=O)c4ccncc4)CC3)c(F)c2)C(=O)O1)C(F)F. The molecule has 1 atom stereocenters. The van der Waals surface area contributed by atoms with Crippen LogP contribution in [0.4, 0.5) is 29.3 Å². The number of amides is 1. The first-order chi connectivity index (χ1) is 17.2. The summed E-state index contributed by atoms with van der Waals surface area (Å²) in [4.78, 5) is 35.4. The number of benzene rings is 1. The van der Waals surface area contributed by atoms with E-state index in [1.54, 1.807) is 4.90 Å². The molecule has 10 nitrogen and oxygen atoms in total. The highest BCUT2D eigenvalue weighted by Crippen LogP contribution is 2.29. The van der Waals surface area contributed by atoms with E-state index in [-0.39, 0.29) is 55.5 Å². The van der Waals surface area contributed by atoms with Crippen molar-refractivity contribution in [2.24, 2.45) is 0 Å². The molecule has 0 spiro atoms. The molecule has 0 unspecified atom stereocenters. The van der Waals surface area contributed by atoms with E-state index in [2.05, 4.69) is 4.98 Å². The summed E-state index contributed by atoms with van der Waals surface area (Å²) in [6, 6.07) is 6.80. The van der Waals surface area contributed by atoms with Crippen LogP contribution in [0.1, 0.15) is 12.8 Å². The number of hydrogen-bond donors (Lipinski definition) is 0. The van der Waals surface area contributed by atoms with E-state index in [1.165, 1.54) is 41.6 Å². The number of aromatic nitrogens is 1. The number of hydroxylamine groups is 1. The van der Waals surface area contributed by atoms with E-state index in [1.807, 2.05) is 0 Å². The van der Waals surface area contributed by atoms with Crippen molar-refractivity contribution in [1.82, 2.24) is 9.45 Å². The van der Waals surface area contributed by atoms with Crippen LogP contribution in [0, 0.1) is 5.82 Å². The van der Waals surface area contributed by atoms with Crippen molar-refractivity contribution in [3.8, 4) is 0 Å². The van der Waals surface area contributed by atoms with Gasteiger partial charge in [0.25, 0.3) is 16.4 Å². The summed E-state index contributed by atoms with van der Waals surface area (Å²) in [7, 11) is -3.92. The van der Waals surface area contributed by atoms with Gasteiger partial charge >= 0.3 is 6.09 Å². The molecule has 36 heavy (non-hydrogen) atoms. The first-order valence-electron chi connectivity index (χ1n) is 11.1. The second-order valence-electron chi connectivity index (χ2n) is 8.09. The lowest BCUT2D eigenvalue weighted by Crippen LogP contribution is -2.34. The molecule has 2 aromatic rings. The fraction of sp³-hybridized carbons (Fsp3) is 0.409. The number of cyclic esters (lactones) is 1. The fourth-order valence-corrected chi connectivity index (χ4v) is 5.14. The average Bonchev–Trinajstić information content (AvgIpc) is 3.06. The van der Waals surface area contributed by atoms with E-state index in [0.29, 0.717) is 0 Å². The predicted molar refractivity (Wildman–Crippen MR) is 121 cm³/mol. The van der Waals surface area contributed by atoms with Crippen LogP contribution >= 0.6 is 0 Å². The number of carbonyl (C=O) groups is 2. The van der Waals surface area contributed by atoms with Gasteiger partial charge in [-0.1, -0.05) is 4.47 Å². The van der Waals surface area contributed by atoms with Crippen LogP contribution in [0.2, 0.25) is 0 Å². The number of ether oxygens (including phenoxy) is 1. The average molecular weight is 529 g/mol. The maximum Gasteiger partial charge on any atom is 0.414 e. The Balaban J connectivity index is 1.41. The topological polar surface area (TPSA) is 109 Å². The number of Topliss-reactive ketones (excluding diaryl/α,β-unsaturated/α-hetero) is 1. The van der Waals surface area contributed by atoms with Crippen molar-refractivity contribution in [1.29, 1.82) is 0 Å². The van der Waals surface area contributed by atoms with Gasteiger partial charge < -0.3 is 9.64 Å². The van der Waals surface area contributed by atoms with Crippen molar-refractivity contribution in [2.75, 3.05) is 42.6 Å². The van der Waals surface area contributed by atoms with Crippen molar-refractivity contribution in [3.63, 3.8) is 0 Å². The Kier molecular flexibility index (Phi) is 7.76. The van der Waals surface area contributed by atoms with Gasteiger partial charge in [-0.25, -0.2) is 26.4 Å². The molecule has 2 aliphatic heterocycles. The van der Waals surface area contributed by atoms with Crippen LogP contribution in [0.15, 0.2) is 47.6 Å². The summed E-state index contributed by atoms with van der Waals surface area (Å²) in [6.07, 6.45) is -2.38. The smallest absolute Gasteiger partial charge is 0.414 e. The predicted octanol–water partition coefficient (Wildman–Crippen LogP) is 2.60. The van der Waals surface area contributed by atoms with Crippen molar-refractivity contribution in [2.45, 2.75) is 30.3 Å². The third-order valence-electron chi connectivity index (χ3n) is 5.78. The normalized spacial score (nSPS) is 19.4. The molecular weight excluding hydrogens is 505 g/mol. The molecule has 0 saturated carbocycles. The van der Waals surface area contributed by atoms with Gasteiger partial charge in [-0.15, -0.1) is 0 Å². The fourth-order valence-electron chi connectivity index (χ4n) is 3.90. The first-order valence-corrected chi connectivity index (χ1v) is 12.5. The zero-order chi connectivity index (χ0) is 25.9. The van der Waals surface area contributed by atoms with E-state index < -0.39 is 46.7 Å². The van der Waals surface area contributed by atoms with E-state index in [0.717, 1.165) is 10.5 Å². The zero-order valence-electron chi connectivity index (χ0n) is 18.9. The highest BCUT2D eigenvalue weighted by molar-refractivity contribution is 7.89. The standard InChI is InChI=1S/C22H23F3N4O6S/c23-18-13-15(28-14-16(35-22(28)31)2-4-20(30)21(24)25)1-3-19(18)27-9-10-29(34-12-11-27)36(32,33)17-5-7-26-8-6-17/h1,3,5-8,13,16,21H,2,4,9-12,14H2/t16-/m0/s1. The van der Waals surface area contributed by atoms with Crippen LogP contribution in [-0.4, -0.2) is 75.1 Å². The molecule has 0 N–H and O–H groups in total. The van der Waals surface area contributed by atoms with Gasteiger partial charge in [0.15, 0.2) is 5.78 Å². The molecule has 0 bridgehead atoms. The Morgan fingerprint density at radius 3 is 2.58 bits per heavy atom. The minimum atomic E-state index is -3.92. The number of ketones is 1. The Hall–Kier alpha value is -3.23. The molecule has 1 aromatic carbocycles. The maximum atomic E-state index is 15.1. The summed E-state index contributed by atoms with van der Waals surface area (Å²) in [6.45, 7) is 0.289. The Labute approximate surface area is 205 Å². The number of hydrogen-bond acceptors (Lipinski definition) is 8. The van der Waals surface area contributed by atoms with E-state index in [4.69, 9.17) is 9.57 Å². The number of halogens is 3. The van der Waals surface area contributed by atoms with Crippen LogP contribution < -0.4 is 9.80 Å². The molecule has 2 aliphatic rings. The third kappa shape index (κ3) is 5.60. The summed E-state index contributed by atoms with van der Waals surface area (Å²) in [5.74, 6) is -1.88. The number of rotatable bonds is 8. The Morgan fingerprint density at radius 1 is 1.14 bits per heavy atom. The minimum absolute atomic E-state index is 0.00643. The van der Waals surface area contributed by atoms with E-state index >= 15 is 4.39 Å². The van der Waals surface area contributed by atoms with Crippen LogP contribution in [0.5, 0.6) is 0 Å². The van der Waals surface area contributed by atoms with Gasteiger partial charge in [-0.3, -0.25) is 19.5 Å². The molecule has 2 fully saturated rings. The first kappa shape index (κ1) is 25.9. The van der Waals surface area contributed by atoms with Crippen molar-refractivity contribution in [3.05, 3.63) is 48.5 Å². The van der Waals surface area contributed by atoms with Gasteiger partial charge in [-0.2, -0.15) is 0 Å². The van der Waals surface area contributed by atoms with Gasteiger partial charge in [0, 0.05) is 31.9 Å². The number of pyridine rings is 1. The highest BCUT2D eigenvalue weighted by Gasteiger charge is 2.34. The largest absolute Gasteiger partial charge is 0.444 e. The lowest BCUT2D eigenvalue weighted by molar-refractivity contribution is -0.129. The summed E-state index contributed by atoms with van der Waals surface area (Å²) in [5.41, 5.74) is 0.397. The summed E-state index contributed by atoms with van der Waals surface area (Å²) < 4.78 is 71.4. The monoisotopic (exact) mass is 528 g/mol. The van der Waals surface area contributed by atoms with Gasteiger partial charge in [0.2, 0.25) is 0 Å². The molecule has 4 rings (SSSR count). The second-order valence-corrected chi connectivity index (χ2v) is 9.92. The molecule has 0 aliphatic carbocycles. The summed E-state index contributed by atoms with van der Waals surface area (Å²) >= 11 is 0. The number of anilines is 2. The molecule has 1 amide bonds. The molecule has 0 radical (unpaired) electrons. The molecule has 14 heteroatoms. The minimum Gasteiger partial charge on any atom is -0.444 e. The zero-order valence-corrected chi connectivity index (χ0v) is 19.7. The van der Waals surface area contributed by atoms with Gasteiger partial charge in [-0.05, 0) is 36.8 Å². The second kappa shape index (κ2) is 10.8. The van der Waals surface area contributed by atoms with Gasteiger partial charge in [0.05, 0.1) is 36.0 Å². The van der Waals surface area contributed by atoms with E-state index in [9.17, 15) is 26.8 Å². The van der Waals surface area contributed by atoms with Crippen molar-refractivity contribution < 1.29 is 40.8 Å². The summed E-state index contributed by atoms with van der Waals surface area (Å²) in [5, 5.41) is 0. The number of carbonyl (C=O) groups excluding carboxylic acids is 2. The Morgan fingerprint density at radius 2 is 1.89 bits per heavy atom. The third-order valence-corrected chi connectivity index (χ3v) is 7.47.